The first-order valence-electron chi connectivity index (χ1n) is 8.03. The number of aromatic nitrogens is 5. The van der Waals surface area contributed by atoms with E-state index in [1.165, 1.54) is 6.20 Å². The van der Waals surface area contributed by atoms with Crippen molar-refractivity contribution in [2.75, 3.05) is 5.32 Å². The number of fused-ring (bicyclic) bond motifs is 1. The Hall–Kier alpha value is -3.68. The van der Waals surface area contributed by atoms with Gasteiger partial charge < -0.3 is 10.1 Å². The van der Waals surface area contributed by atoms with E-state index in [0.717, 1.165) is 11.3 Å². The van der Waals surface area contributed by atoms with E-state index in [9.17, 15) is 4.79 Å². The number of hydrogen-bond acceptors (Lipinski definition) is 6. The van der Waals surface area contributed by atoms with Gasteiger partial charge in [0.1, 0.15) is 11.1 Å². The number of aromatic amines is 1. The molecular formula is C18H16N6O2. The fourth-order valence-electron chi connectivity index (χ4n) is 2.49. The van der Waals surface area contributed by atoms with Crippen LogP contribution in [0.2, 0.25) is 0 Å². The molecule has 0 radical (unpaired) electrons. The van der Waals surface area contributed by atoms with Crippen LogP contribution in [0.25, 0.3) is 11.0 Å². The lowest BCUT2D eigenvalue weighted by Gasteiger charge is -2.07. The van der Waals surface area contributed by atoms with Crippen molar-refractivity contribution in [3.63, 3.8) is 0 Å². The lowest BCUT2D eigenvalue weighted by molar-refractivity contribution is 0.462. The second-order valence-electron chi connectivity index (χ2n) is 5.69. The summed E-state index contributed by atoms with van der Waals surface area (Å²) in [5, 5.41) is 7.59. The summed E-state index contributed by atoms with van der Waals surface area (Å²) in [5.74, 6) is 1.63. The van der Waals surface area contributed by atoms with Crippen molar-refractivity contribution < 1.29 is 4.74 Å². The molecular weight excluding hydrogens is 332 g/mol. The molecule has 130 valence electrons. The highest BCUT2D eigenvalue weighted by molar-refractivity contribution is 5.74. The Morgan fingerprint density at radius 2 is 2.00 bits per heavy atom. The van der Waals surface area contributed by atoms with Crippen LogP contribution in [0.4, 0.5) is 5.95 Å². The van der Waals surface area contributed by atoms with Gasteiger partial charge in [-0.1, -0.05) is 24.3 Å². The Labute approximate surface area is 148 Å². The van der Waals surface area contributed by atoms with E-state index in [1.807, 2.05) is 36.4 Å². The van der Waals surface area contributed by atoms with Crippen LogP contribution in [-0.4, -0.2) is 24.7 Å². The summed E-state index contributed by atoms with van der Waals surface area (Å²) in [6.07, 6.45) is 3.21. The molecule has 0 spiro atoms. The van der Waals surface area contributed by atoms with Gasteiger partial charge in [0.15, 0.2) is 5.65 Å². The number of anilines is 1. The minimum Gasteiger partial charge on any atom is -0.439 e. The first kappa shape index (κ1) is 15.8. The smallest absolute Gasteiger partial charge is 0.263 e. The number of aryl methyl sites for hydroxylation is 1. The number of ether oxygens (including phenoxy) is 1. The molecule has 0 aliphatic carbocycles. The molecule has 0 amide bonds. The Bertz CT molecular complexity index is 1090. The number of benzene rings is 1. The zero-order valence-corrected chi connectivity index (χ0v) is 14.0. The largest absolute Gasteiger partial charge is 0.439 e. The van der Waals surface area contributed by atoms with E-state index in [2.05, 4.69) is 25.4 Å². The van der Waals surface area contributed by atoms with Crippen LogP contribution in [0.5, 0.6) is 11.6 Å². The fraction of sp³-hybridized carbons (Fsp3) is 0.111. The van der Waals surface area contributed by atoms with E-state index in [4.69, 9.17) is 4.74 Å². The standard InChI is InChI=1S/C18H16N6O2/c1-24-16-14(11-21-24)17(25)23-18(22-16)20-10-12-7-8-15(19-9-12)26-13-5-3-2-4-6-13/h2-9,11H,10H2,1H3,(H2,20,22,23,25). The molecule has 1 aromatic carbocycles. The molecule has 0 atom stereocenters. The molecule has 0 fully saturated rings. The summed E-state index contributed by atoms with van der Waals surface area (Å²) in [5.41, 5.74) is 1.23. The highest BCUT2D eigenvalue weighted by atomic mass is 16.5. The quantitative estimate of drug-likeness (QED) is 0.575. The molecule has 3 aromatic heterocycles. The number of pyridine rings is 1. The van der Waals surface area contributed by atoms with Gasteiger partial charge in [-0.2, -0.15) is 10.1 Å². The molecule has 2 N–H and O–H groups in total. The van der Waals surface area contributed by atoms with Gasteiger partial charge in [-0.25, -0.2) is 4.98 Å². The number of nitrogens with zero attached hydrogens (tertiary/aromatic N) is 4. The van der Waals surface area contributed by atoms with E-state index in [0.29, 0.717) is 29.4 Å². The lowest BCUT2D eigenvalue weighted by Crippen LogP contribution is -2.13. The molecule has 26 heavy (non-hydrogen) atoms. The Balaban J connectivity index is 1.45. The summed E-state index contributed by atoms with van der Waals surface area (Å²) >= 11 is 0. The Morgan fingerprint density at radius 3 is 2.77 bits per heavy atom. The Morgan fingerprint density at radius 1 is 1.15 bits per heavy atom. The van der Waals surface area contributed by atoms with Crippen LogP contribution in [0.1, 0.15) is 5.56 Å². The topological polar surface area (TPSA) is 97.7 Å². The lowest BCUT2D eigenvalue weighted by atomic mass is 10.3. The van der Waals surface area contributed by atoms with E-state index < -0.39 is 0 Å². The third kappa shape index (κ3) is 3.25. The normalized spacial score (nSPS) is 10.8. The molecule has 0 aliphatic rings. The predicted octanol–water partition coefficient (Wildman–Crippen LogP) is 2.46. The van der Waals surface area contributed by atoms with Gasteiger partial charge in [-0.3, -0.25) is 14.5 Å². The Kier molecular flexibility index (Phi) is 4.06. The van der Waals surface area contributed by atoms with Crippen LogP contribution < -0.4 is 15.6 Å². The van der Waals surface area contributed by atoms with Crippen molar-refractivity contribution in [3.8, 4) is 11.6 Å². The minimum atomic E-state index is -0.227. The summed E-state index contributed by atoms with van der Waals surface area (Å²) in [6, 6.07) is 13.2. The molecule has 8 nitrogen and oxygen atoms in total. The number of rotatable bonds is 5. The van der Waals surface area contributed by atoms with Gasteiger partial charge >= 0.3 is 0 Å². The number of para-hydroxylation sites is 1. The molecule has 0 unspecified atom stereocenters. The highest BCUT2D eigenvalue weighted by Crippen LogP contribution is 2.18. The fourth-order valence-corrected chi connectivity index (χ4v) is 2.49. The van der Waals surface area contributed by atoms with Gasteiger partial charge in [-0.05, 0) is 17.7 Å². The maximum atomic E-state index is 12.0. The van der Waals surface area contributed by atoms with Crippen LogP contribution in [0.15, 0.2) is 59.7 Å². The zero-order valence-electron chi connectivity index (χ0n) is 14.0. The van der Waals surface area contributed by atoms with E-state index in [1.54, 1.807) is 24.0 Å². The van der Waals surface area contributed by atoms with Gasteiger partial charge in [0.05, 0.1) is 6.20 Å². The second-order valence-corrected chi connectivity index (χ2v) is 5.69. The molecule has 0 bridgehead atoms. The summed E-state index contributed by atoms with van der Waals surface area (Å²) in [7, 11) is 1.74. The molecule has 4 aromatic rings. The van der Waals surface area contributed by atoms with Crippen molar-refractivity contribution in [3.05, 3.63) is 70.8 Å². The average Bonchev–Trinajstić information content (AvgIpc) is 3.04. The van der Waals surface area contributed by atoms with Crippen LogP contribution in [0.3, 0.4) is 0 Å². The van der Waals surface area contributed by atoms with Gasteiger partial charge in [0.25, 0.3) is 5.56 Å². The maximum absolute atomic E-state index is 12.0. The zero-order chi connectivity index (χ0) is 17.9. The third-order valence-electron chi connectivity index (χ3n) is 3.82. The van der Waals surface area contributed by atoms with E-state index >= 15 is 0 Å². The SMILES string of the molecule is Cn1ncc2c(=O)[nH]c(NCc3ccc(Oc4ccccc4)nc3)nc21. The van der Waals surface area contributed by atoms with Gasteiger partial charge in [-0.15, -0.1) is 0 Å². The van der Waals surface area contributed by atoms with Crippen molar-refractivity contribution in [1.29, 1.82) is 0 Å². The van der Waals surface area contributed by atoms with E-state index in [-0.39, 0.29) is 5.56 Å². The third-order valence-corrected chi connectivity index (χ3v) is 3.82. The molecule has 8 heteroatoms. The molecule has 4 rings (SSSR count). The molecule has 0 aliphatic heterocycles. The van der Waals surface area contributed by atoms with Crippen molar-refractivity contribution in [2.24, 2.45) is 7.05 Å². The highest BCUT2D eigenvalue weighted by Gasteiger charge is 2.08. The number of H-pyrrole nitrogens is 1. The van der Waals surface area contributed by atoms with Crippen molar-refractivity contribution in [1.82, 2.24) is 24.7 Å². The predicted molar refractivity (Wildman–Crippen MR) is 97.2 cm³/mol. The number of nitrogens with one attached hydrogen (secondary N) is 2. The van der Waals surface area contributed by atoms with Crippen LogP contribution in [-0.2, 0) is 13.6 Å². The molecule has 0 saturated heterocycles. The monoisotopic (exact) mass is 348 g/mol. The first-order valence-corrected chi connectivity index (χ1v) is 8.03. The molecule has 3 heterocycles. The van der Waals surface area contributed by atoms with Crippen molar-refractivity contribution >= 4 is 17.0 Å². The van der Waals surface area contributed by atoms with Crippen molar-refractivity contribution in [2.45, 2.75) is 6.54 Å². The van der Waals surface area contributed by atoms with Gasteiger partial charge in [0, 0.05) is 25.9 Å². The van der Waals surface area contributed by atoms with Crippen LogP contribution >= 0.6 is 0 Å². The average molecular weight is 348 g/mol. The minimum absolute atomic E-state index is 0.227. The summed E-state index contributed by atoms with van der Waals surface area (Å²) in [6.45, 7) is 0.463. The summed E-state index contributed by atoms with van der Waals surface area (Å²) < 4.78 is 7.23. The number of hydrogen-bond donors (Lipinski definition) is 2. The maximum Gasteiger partial charge on any atom is 0.263 e. The van der Waals surface area contributed by atoms with Gasteiger partial charge in [0.2, 0.25) is 11.8 Å². The first-order chi connectivity index (χ1) is 12.7. The summed E-state index contributed by atoms with van der Waals surface area (Å²) in [4.78, 5) is 23.4. The van der Waals surface area contributed by atoms with Crippen LogP contribution in [0, 0.1) is 0 Å². The second kappa shape index (κ2) is 6.67. The molecule has 0 saturated carbocycles.